The molecule has 0 amide bonds. The molecule has 0 radical (unpaired) electrons. The van der Waals surface area contributed by atoms with Crippen molar-refractivity contribution >= 4 is 0 Å². The third-order valence-electron chi connectivity index (χ3n) is 4.78. The lowest BCUT2D eigenvalue weighted by molar-refractivity contribution is -0.414. The van der Waals surface area contributed by atoms with Crippen LogP contribution in [0.5, 0.6) is 0 Å². The van der Waals surface area contributed by atoms with Crippen LogP contribution in [0, 0.1) is 0 Å². The van der Waals surface area contributed by atoms with Gasteiger partial charge in [0.15, 0.2) is 12.6 Å². The molecule has 2 aliphatic rings. The van der Waals surface area contributed by atoms with Crippen molar-refractivity contribution < 1.29 is 70.0 Å². The van der Waals surface area contributed by atoms with E-state index in [0.29, 0.717) is 0 Å². The van der Waals surface area contributed by atoms with Gasteiger partial charge >= 0.3 is 0 Å². The van der Waals surface area contributed by atoms with Crippen molar-refractivity contribution in [2.75, 3.05) is 26.4 Å². The SMILES string of the molecule is OCC(O)COC1(CO)O[C@H](OC[C@H]2O[C@@H](O)[C@H](O)[C@@H](O)[C@@H]2O)C(O)[C@@H](O)C1O. The van der Waals surface area contributed by atoms with Crippen molar-refractivity contribution in [2.24, 2.45) is 0 Å². The lowest BCUT2D eigenvalue weighted by Gasteiger charge is -2.47. The second kappa shape index (κ2) is 10.2. The Morgan fingerprint density at radius 2 is 1.52 bits per heavy atom. The van der Waals surface area contributed by atoms with E-state index in [1.807, 2.05) is 0 Å². The molecule has 2 rings (SSSR count). The maximum absolute atomic E-state index is 10.1. The number of ether oxygens (including phenoxy) is 4. The molecule has 0 aliphatic carbocycles. The number of aliphatic hydroxyl groups is 10. The molecule has 2 fully saturated rings. The Bertz CT molecular complexity index is 509. The molecule has 14 nitrogen and oxygen atoms in total. The van der Waals surface area contributed by atoms with Gasteiger partial charge in [0.25, 0.3) is 0 Å². The highest BCUT2D eigenvalue weighted by Crippen LogP contribution is 2.32. The number of rotatable bonds is 8. The molecule has 0 saturated carbocycles. The van der Waals surface area contributed by atoms with E-state index in [1.165, 1.54) is 0 Å². The van der Waals surface area contributed by atoms with Crippen LogP contribution >= 0.6 is 0 Å². The van der Waals surface area contributed by atoms with Gasteiger partial charge in [-0.1, -0.05) is 0 Å². The summed E-state index contributed by atoms with van der Waals surface area (Å²) in [5.74, 6) is -2.33. The van der Waals surface area contributed by atoms with Crippen molar-refractivity contribution in [3.8, 4) is 0 Å². The fourth-order valence-electron chi connectivity index (χ4n) is 2.92. The molecule has 2 saturated heterocycles. The normalized spacial score (nSPS) is 47.2. The Morgan fingerprint density at radius 1 is 0.862 bits per heavy atom. The van der Waals surface area contributed by atoms with Gasteiger partial charge in [-0.2, -0.15) is 0 Å². The highest BCUT2D eigenvalue weighted by molar-refractivity contribution is 4.95. The minimum atomic E-state index is -2.33. The highest BCUT2D eigenvalue weighted by Gasteiger charge is 2.55. The van der Waals surface area contributed by atoms with Gasteiger partial charge in [0.1, 0.15) is 55.4 Å². The minimum Gasteiger partial charge on any atom is -0.394 e. The molecule has 0 spiro atoms. The van der Waals surface area contributed by atoms with Crippen molar-refractivity contribution in [3.63, 3.8) is 0 Å². The predicted octanol–water partition coefficient (Wildman–Crippen LogP) is -6.70. The zero-order valence-electron chi connectivity index (χ0n) is 15.2. The average Bonchev–Trinajstić information content (AvgIpc) is 2.72. The first-order valence-electron chi connectivity index (χ1n) is 8.83. The van der Waals surface area contributed by atoms with Crippen molar-refractivity contribution in [3.05, 3.63) is 0 Å². The van der Waals surface area contributed by atoms with Gasteiger partial charge in [0, 0.05) is 0 Å². The summed E-state index contributed by atoms with van der Waals surface area (Å²) in [5.41, 5.74) is 0. The second-order valence-electron chi connectivity index (χ2n) is 6.90. The molecule has 29 heavy (non-hydrogen) atoms. The molecule has 0 aromatic carbocycles. The molecular weight excluding hydrogens is 404 g/mol. The summed E-state index contributed by atoms with van der Waals surface area (Å²) in [5, 5.41) is 96.7. The second-order valence-corrected chi connectivity index (χ2v) is 6.90. The number of hydrogen-bond donors (Lipinski definition) is 10. The van der Waals surface area contributed by atoms with Crippen molar-refractivity contribution in [1.29, 1.82) is 0 Å². The van der Waals surface area contributed by atoms with E-state index in [0.717, 1.165) is 0 Å². The quantitative estimate of drug-likeness (QED) is 0.171. The van der Waals surface area contributed by atoms with Crippen LogP contribution in [0.4, 0.5) is 0 Å². The van der Waals surface area contributed by atoms with Crippen LogP contribution in [0.3, 0.4) is 0 Å². The summed E-state index contributed by atoms with van der Waals surface area (Å²) in [4.78, 5) is 0. The summed E-state index contributed by atoms with van der Waals surface area (Å²) in [6.07, 6.45) is -17.3. The molecule has 2 aliphatic heterocycles. The van der Waals surface area contributed by atoms with Gasteiger partial charge in [-0.25, -0.2) is 0 Å². The molecule has 172 valence electrons. The molecule has 11 atom stereocenters. The fraction of sp³-hybridized carbons (Fsp3) is 1.00. The first-order valence-corrected chi connectivity index (χ1v) is 8.83. The van der Waals surface area contributed by atoms with Crippen molar-refractivity contribution in [2.45, 2.75) is 67.2 Å². The maximum Gasteiger partial charge on any atom is 0.223 e. The standard InChI is InChI=1S/C15H28O14/c16-1-5(18)2-27-15(4-17)12(24)9(21)11(23)14(29-15)26-3-6-7(19)8(20)10(22)13(25)28-6/h5-14,16-25H,1-4H2/t5?,6-,7-,8+,9-,10-,11?,12?,13-,14+,15?/m1/s1. The van der Waals surface area contributed by atoms with Crippen LogP contribution in [0.15, 0.2) is 0 Å². The minimum absolute atomic E-state index is 0.607. The van der Waals surface area contributed by atoms with Crippen LogP contribution in [0.2, 0.25) is 0 Å². The zero-order chi connectivity index (χ0) is 21.9. The van der Waals surface area contributed by atoms with E-state index in [4.69, 9.17) is 24.1 Å². The van der Waals surface area contributed by atoms with Gasteiger partial charge in [0.05, 0.1) is 19.8 Å². The summed E-state index contributed by atoms with van der Waals surface area (Å²) < 4.78 is 20.5. The van der Waals surface area contributed by atoms with Crippen LogP contribution < -0.4 is 0 Å². The van der Waals surface area contributed by atoms with E-state index >= 15 is 0 Å². The lowest BCUT2D eigenvalue weighted by Crippen LogP contribution is -2.68. The lowest BCUT2D eigenvalue weighted by atomic mass is 9.96. The Labute approximate surface area is 164 Å². The van der Waals surface area contributed by atoms with E-state index in [9.17, 15) is 46.0 Å². The van der Waals surface area contributed by atoms with Crippen LogP contribution in [0.1, 0.15) is 0 Å². The molecule has 2 heterocycles. The summed E-state index contributed by atoms with van der Waals surface area (Å²) in [6.45, 7) is -2.96. The molecule has 4 unspecified atom stereocenters. The predicted molar refractivity (Wildman–Crippen MR) is 86.6 cm³/mol. The summed E-state index contributed by atoms with van der Waals surface area (Å²) in [7, 11) is 0. The first-order chi connectivity index (χ1) is 13.6. The molecular formula is C15H28O14. The van der Waals surface area contributed by atoms with Gasteiger partial charge in [-0.3, -0.25) is 0 Å². The Morgan fingerprint density at radius 3 is 2.10 bits per heavy atom. The number of hydrogen-bond acceptors (Lipinski definition) is 14. The van der Waals surface area contributed by atoms with E-state index in [1.54, 1.807) is 0 Å². The third kappa shape index (κ3) is 5.20. The van der Waals surface area contributed by atoms with E-state index < -0.39 is 93.6 Å². The number of aliphatic hydroxyl groups excluding tert-OH is 10. The highest BCUT2D eigenvalue weighted by atomic mass is 16.8. The van der Waals surface area contributed by atoms with Gasteiger partial charge in [0.2, 0.25) is 5.79 Å². The van der Waals surface area contributed by atoms with Crippen molar-refractivity contribution in [1.82, 2.24) is 0 Å². The summed E-state index contributed by atoms with van der Waals surface area (Å²) in [6, 6.07) is 0. The van der Waals surface area contributed by atoms with Gasteiger partial charge < -0.3 is 70.0 Å². The molecule has 10 N–H and O–H groups in total. The molecule has 0 aromatic heterocycles. The fourth-order valence-corrected chi connectivity index (χ4v) is 2.92. The van der Waals surface area contributed by atoms with E-state index in [-0.39, 0.29) is 0 Å². The molecule has 0 bridgehead atoms. The monoisotopic (exact) mass is 432 g/mol. The third-order valence-corrected chi connectivity index (χ3v) is 4.78. The average molecular weight is 432 g/mol. The Hall–Kier alpha value is -0.560. The first kappa shape index (κ1) is 24.7. The van der Waals surface area contributed by atoms with Crippen LogP contribution in [-0.2, 0) is 18.9 Å². The Balaban J connectivity index is 2.07. The largest absolute Gasteiger partial charge is 0.394 e. The Kier molecular flexibility index (Phi) is 8.66. The topological polar surface area (TPSA) is 239 Å². The maximum atomic E-state index is 10.1. The van der Waals surface area contributed by atoms with Crippen LogP contribution in [0.25, 0.3) is 0 Å². The molecule has 0 aromatic rings. The molecule has 14 heteroatoms. The zero-order valence-corrected chi connectivity index (χ0v) is 15.2. The summed E-state index contributed by atoms with van der Waals surface area (Å²) >= 11 is 0. The van der Waals surface area contributed by atoms with Gasteiger partial charge in [-0.05, 0) is 0 Å². The smallest absolute Gasteiger partial charge is 0.223 e. The van der Waals surface area contributed by atoms with E-state index in [2.05, 4.69) is 0 Å². The van der Waals surface area contributed by atoms with Gasteiger partial charge in [-0.15, -0.1) is 0 Å². The van der Waals surface area contributed by atoms with Crippen LogP contribution in [-0.4, -0.2) is 145 Å².